The molecule has 6 nitrogen and oxygen atoms in total. The number of anilines is 1. The molecule has 2 aliphatic rings. The fourth-order valence-electron chi connectivity index (χ4n) is 3.19. The molecule has 0 radical (unpaired) electrons. The van der Waals surface area contributed by atoms with Gasteiger partial charge >= 0.3 is 0 Å². The number of rotatable bonds is 4. The molecule has 0 aliphatic carbocycles. The third kappa shape index (κ3) is 5.42. The van der Waals surface area contributed by atoms with E-state index in [0.717, 1.165) is 56.8 Å². The molecule has 3 rings (SSSR count). The first-order valence-corrected chi connectivity index (χ1v) is 8.71. The van der Waals surface area contributed by atoms with Gasteiger partial charge < -0.3 is 20.4 Å². The molecule has 2 aliphatic heterocycles. The van der Waals surface area contributed by atoms with Gasteiger partial charge in [0.25, 0.3) is 0 Å². The number of piperazine rings is 1. The van der Waals surface area contributed by atoms with Crippen molar-refractivity contribution in [3.63, 3.8) is 0 Å². The monoisotopic (exact) mass is 366 g/mol. The molecule has 0 bridgehead atoms. The number of hydrogen-bond acceptors (Lipinski definition) is 4. The number of benzene rings is 1. The van der Waals surface area contributed by atoms with Gasteiger partial charge in [-0.3, -0.25) is 9.59 Å². The molecule has 25 heavy (non-hydrogen) atoms. The normalized spacial score (nSPS) is 20.8. The second-order valence-electron chi connectivity index (χ2n) is 6.70. The number of nitrogens with zero attached hydrogens (tertiary/aromatic N) is 2. The molecular weight excluding hydrogens is 340 g/mol. The maximum absolute atomic E-state index is 12.3. The van der Waals surface area contributed by atoms with Crippen LogP contribution < -0.4 is 10.6 Å². The van der Waals surface area contributed by atoms with Crippen molar-refractivity contribution in [3.8, 4) is 0 Å². The highest BCUT2D eigenvalue weighted by molar-refractivity contribution is 5.95. The minimum atomic E-state index is -0.0801. The van der Waals surface area contributed by atoms with E-state index in [1.54, 1.807) is 0 Å². The van der Waals surface area contributed by atoms with Gasteiger partial charge in [-0.1, -0.05) is 12.1 Å². The number of halogens is 1. The smallest absolute Gasteiger partial charge is 0.241 e. The van der Waals surface area contributed by atoms with Gasteiger partial charge in [0.1, 0.15) is 0 Å². The molecule has 0 saturated carbocycles. The molecule has 2 fully saturated rings. The van der Waals surface area contributed by atoms with Crippen LogP contribution in [-0.2, 0) is 16.0 Å². The second-order valence-corrected chi connectivity index (χ2v) is 6.70. The minimum absolute atomic E-state index is 0. The van der Waals surface area contributed by atoms with E-state index in [0.29, 0.717) is 6.42 Å². The number of carbonyl (C=O) groups excluding carboxylic acids is 2. The summed E-state index contributed by atoms with van der Waals surface area (Å²) in [6, 6.07) is 7.51. The van der Waals surface area contributed by atoms with Crippen LogP contribution in [0.3, 0.4) is 0 Å². The summed E-state index contributed by atoms with van der Waals surface area (Å²) in [4.78, 5) is 28.6. The Morgan fingerprint density at radius 3 is 2.44 bits per heavy atom. The Labute approximate surface area is 155 Å². The van der Waals surface area contributed by atoms with Crippen LogP contribution in [-0.4, -0.2) is 67.4 Å². The lowest BCUT2D eigenvalue weighted by Crippen LogP contribution is -2.47. The fourth-order valence-corrected chi connectivity index (χ4v) is 3.19. The standard InChI is InChI=1S/C18H26N4O2.ClH/c1-21-9-11-22(12-10-21)17(23)13-14-4-6-15(7-5-14)20-18(24)16-3-2-8-19-16;/h4-7,16,19H,2-3,8-13H2,1H3,(H,20,24);1H. The van der Waals surface area contributed by atoms with Gasteiger partial charge in [-0.05, 0) is 44.1 Å². The van der Waals surface area contributed by atoms with Gasteiger partial charge in [-0.25, -0.2) is 0 Å². The van der Waals surface area contributed by atoms with Crippen molar-refractivity contribution in [3.05, 3.63) is 29.8 Å². The van der Waals surface area contributed by atoms with E-state index in [1.165, 1.54) is 0 Å². The SMILES string of the molecule is CN1CCN(C(=O)Cc2ccc(NC(=O)C3CCCN3)cc2)CC1.Cl. The highest BCUT2D eigenvalue weighted by Gasteiger charge is 2.22. The molecule has 1 aromatic carbocycles. The quantitative estimate of drug-likeness (QED) is 0.838. The van der Waals surface area contributed by atoms with Gasteiger partial charge in [0, 0.05) is 31.9 Å². The van der Waals surface area contributed by atoms with Crippen LogP contribution in [0, 0.1) is 0 Å². The molecule has 2 amide bonds. The third-order valence-corrected chi connectivity index (χ3v) is 4.81. The Hall–Kier alpha value is -1.63. The third-order valence-electron chi connectivity index (χ3n) is 4.81. The fraction of sp³-hybridized carbons (Fsp3) is 0.556. The molecule has 1 atom stereocenters. The summed E-state index contributed by atoms with van der Waals surface area (Å²) in [5, 5.41) is 6.12. The molecule has 1 aromatic rings. The first-order chi connectivity index (χ1) is 11.6. The van der Waals surface area contributed by atoms with Crippen molar-refractivity contribution in [1.82, 2.24) is 15.1 Å². The maximum Gasteiger partial charge on any atom is 0.241 e. The molecule has 2 saturated heterocycles. The van der Waals surface area contributed by atoms with E-state index >= 15 is 0 Å². The van der Waals surface area contributed by atoms with Crippen molar-refractivity contribution >= 4 is 29.9 Å². The number of amides is 2. The number of likely N-dealkylation sites (N-methyl/N-ethyl adjacent to an activating group) is 1. The van der Waals surface area contributed by atoms with Gasteiger partial charge in [-0.2, -0.15) is 0 Å². The Morgan fingerprint density at radius 2 is 1.84 bits per heavy atom. The number of hydrogen-bond donors (Lipinski definition) is 2. The van der Waals surface area contributed by atoms with Crippen LogP contribution in [0.2, 0.25) is 0 Å². The zero-order valence-corrected chi connectivity index (χ0v) is 15.5. The molecule has 0 aromatic heterocycles. The van der Waals surface area contributed by atoms with Gasteiger partial charge in [-0.15, -0.1) is 12.4 Å². The highest BCUT2D eigenvalue weighted by atomic mass is 35.5. The van der Waals surface area contributed by atoms with Crippen molar-refractivity contribution in [1.29, 1.82) is 0 Å². The van der Waals surface area contributed by atoms with Crippen molar-refractivity contribution in [2.75, 3.05) is 45.1 Å². The summed E-state index contributed by atoms with van der Waals surface area (Å²) in [6.07, 6.45) is 2.36. The number of carbonyl (C=O) groups is 2. The van der Waals surface area contributed by atoms with E-state index < -0.39 is 0 Å². The molecule has 2 heterocycles. The van der Waals surface area contributed by atoms with Crippen molar-refractivity contribution in [2.24, 2.45) is 0 Å². The Kier molecular flexibility index (Phi) is 7.23. The molecule has 2 N–H and O–H groups in total. The van der Waals surface area contributed by atoms with Crippen LogP contribution in [0.15, 0.2) is 24.3 Å². The molecule has 1 unspecified atom stereocenters. The van der Waals surface area contributed by atoms with Gasteiger partial charge in [0.2, 0.25) is 11.8 Å². The summed E-state index contributed by atoms with van der Waals surface area (Å²) < 4.78 is 0. The molecule has 0 spiro atoms. The van der Waals surface area contributed by atoms with Crippen LogP contribution in [0.5, 0.6) is 0 Å². The van der Waals surface area contributed by atoms with E-state index in [-0.39, 0.29) is 30.3 Å². The second kappa shape index (κ2) is 9.17. The average molecular weight is 367 g/mol. The average Bonchev–Trinajstić information content (AvgIpc) is 3.12. The van der Waals surface area contributed by atoms with Crippen LogP contribution in [0.4, 0.5) is 5.69 Å². The lowest BCUT2D eigenvalue weighted by atomic mass is 10.1. The van der Waals surface area contributed by atoms with Crippen LogP contribution in [0.25, 0.3) is 0 Å². The van der Waals surface area contributed by atoms with E-state index in [4.69, 9.17) is 0 Å². The lowest BCUT2D eigenvalue weighted by molar-refractivity contribution is -0.132. The Balaban J connectivity index is 0.00000225. The van der Waals surface area contributed by atoms with Crippen molar-refractivity contribution in [2.45, 2.75) is 25.3 Å². The maximum atomic E-state index is 12.3. The van der Waals surface area contributed by atoms with Crippen LogP contribution in [0.1, 0.15) is 18.4 Å². The summed E-state index contributed by atoms with van der Waals surface area (Å²) >= 11 is 0. The predicted octanol–water partition coefficient (Wildman–Crippen LogP) is 1.12. The summed E-state index contributed by atoms with van der Waals surface area (Å²) in [5.41, 5.74) is 1.76. The summed E-state index contributed by atoms with van der Waals surface area (Å²) in [7, 11) is 2.08. The minimum Gasteiger partial charge on any atom is -0.340 e. The Morgan fingerprint density at radius 1 is 1.16 bits per heavy atom. The van der Waals surface area contributed by atoms with E-state index in [1.807, 2.05) is 29.2 Å². The highest BCUT2D eigenvalue weighted by Crippen LogP contribution is 2.14. The first kappa shape index (κ1) is 19.7. The van der Waals surface area contributed by atoms with E-state index in [2.05, 4.69) is 22.6 Å². The number of nitrogens with one attached hydrogen (secondary N) is 2. The summed E-state index contributed by atoms with van der Waals surface area (Å²) in [6.45, 7) is 4.39. The zero-order valence-electron chi connectivity index (χ0n) is 14.7. The van der Waals surface area contributed by atoms with Gasteiger partial charge in [0.05, 0.1) is 12.5 Å². The Bertz CT molecular complexity index is 579. The van der Waals surface area contributed by atoms with E-state index in [9.17, 15) is 9.59 Å². The van der Waals surface area contributed by atoms with Gasteiger partial charge in [0.15, 0.2) is 0 Å². The lowest BCUT2D eigenvalue weighted by Gasteiger charge is -2.32. The van der Waals surface area contributed by atoms with Crippen LogP contribution >= 0.6 is 12.4 Å². The first-order valence-electron chi connectivity index (χ1n) is 8.71. The molecular formula is C18H27ClN4O2. The zero-order chi connectivity index (χ0) is 16.9. The molecule has 7 heteroatoms. The predicted molar refractivity (Wildman–Crippen MR) is 101 cm³/mol. The van der Waals surface area contributed by atoms with Crippen molar-refractivity contribution < 1.29 is 9.59 Å². The molecule has 138 valence electrons. The summed E-state index contributed by atoms with van der Waals surface area (Å²) in [5.74, 6) is 0.198. The largest absolute Gasteiger partial charge is 0.340 e. The topological polar surface area (TPSA) is 64.7 Å².